The van der Waals surface area contributed by atoms with E-state index < -0.39 is 18.0 Å². The number of ether oxygens (including phenoxy) is 3. The van der Waals surface area contributed by atoms with E-state index in [0.717, 1.165) is 11.6 Å². The smallest absolute Gasteiger partial charge is 0.497 e. The summed E-state index contributed by atoms with van der Waals surface area (Å²) in [5.41, 5.74) is 0.375. The Morgan fingerprint density at radius 2 is 1.82 bits per heavy atom. The lowest BCUT2D eigenvalue weighted by Gasteiger charge is -2.23. The average Bonchev–Trinajstić information content (AvgIpc) is 3.13. The molecule has 3 aromatic rings. The molecule has 0 unspecified atom stereocenters. The van der Waals surface area contributed by atoms with Gasteiger partial charge in [-0.15, -0.1) is 13.2 Å². The normalized spacial score (nSPS) is 14.6. The number of nitrogens with zero attached hydrogens (tertiary/aromatic N) is 2. The third kappa shape index (κ3) is 7.28. The molecule has 11 heteroatoms. The molecule has 0 saturated carbocycles. The molecule has 1 aliphatic heterocycles. The molecular weight excluding hydrogens is 505 g/mol. The van der Waals surface area contributed by atoms with Gasteiger partial charge in [0.1, 0.15) is 30.1 Å². The first kappa shape index (κ1) is 27.1. The van der Waals surface area contributed by atoms with Gasteiger partial charge in [0.15, 0.2) is 0 Å². The minimum atomic E-state index is -4.90. The molecule has 1 saturated heterocycles. The molecule has 0 radical (unpaired) electrons. The number of rotatable bonds is 8. The van der Waals surface area contributed by atoms with Gasteiger partial charge >= 0.3 is 6.36 Å². The van der Waals surface area contributed by atoms with E-state index in [4.69, 9.17) is 13.9 Å². The largest absolute Gasteiger partial charge is 0.573 e. The maximum atomic E-state index is 13.0. The standard InChI is InChI=1S/C27H27F3N2O6/c1-35-20-7-4-6-19(14-20)17-37-25-18-36-21(15-23(25)33)16-31-10-5-11-32(13-12-31)26(34)22-8-2-3-9-24(22)38-27(28,29)30/h2-4,6-9,14-15,18H,5,10-13,16-17H2,1H3. The lowest BCUT2D eigenvalue weighted by molar-refractivity contribution is -0.274. The van der Waals surface area contributed by atoms with Crippen molar-refractivity contribution < 1.29 is 36.6 Å². The Morgan fingerprint density at radius 3 is 2.58 bits per heavy atom. The van der Waals surface area contributed by atoms with Gasteiger partial charge in [0.2, 0.25) is 11.2 Å². The maximum absolute atomic E-state index is 13.0. The van der Waals surface area contributed by atoms with Crippen LogP contribution in [0.25, 0.3) is 0 Å². The van der Waals surface area contributed by atoms with Crippen LogP contribution in [-0.2, 0) is 13.2 Å². The van der Waals surface area contributed by atoms with Crippen LogP contribution in [0.2, 0.25) is 0 Å². The molecular formula is C27H27F3N2O6. The highest BCUT2D eigenvalue weighted by molar-refractivity contribution is 5.97. The van der Waals surface area contributed by atoms with Gasteiger partial charge in [0, 0.05) is 32.2 Å². The minimum Gasteiger partial charge on any atom is -0.497 e. The fraction of sp³-hybridized carbons (Fsp3) is 0.333. The number of carbonyl (C=O) groups is 1. The quantitative estimate of drug-likeness (QED) is 0.423. The Bertz CT molecular complexity index is 1310. The molecule has 0 aliphatic carbocycles. The summed E-state index contributed by atoms with van der Waals surface area (Å²) in [6, 6.07) is 14.0. The van der Waals surface area contributed by atoms with E-state index in [0.29, 0.717) is 50.7 Å². The molecule has 8 nitrogen and oxygen atoms in total. The highest BCUT2D eigenvalue weighted by Crippen LogP contribution is 2.27. The van der Waals surface area contributed by atoms with Crippen molar-refractivity contribution in [3.05, 3.63) is 88.0 Å². The van der Waals surface area contributed by atoms with Crippen LogP contribution in [0.3, 0.4) is 0 Å². The van der Waals surface area contributed by atoms with Crippen molar-refractivity contribution in [1.29, 1.82) is 0 Å². The summed E-state index contributed by atoms with van der Waals surface area (Å²) in [6.07, 6.45) is -3.02. The Morgan fingerprint density at radius 1 is 1.00 bits per heavy atom. The molecule has 1 aliphatic rings. The summed E-state index contributed by atoms with van der Waals surface area (Å²) in [5.74, 6) is 0.152. The average molecular weight is 533 g/mol. The number of hydrogen-bond acceptors (Lipinski definition) is 7. The Labute approximate surface area is 217 Å². The fourth-order valence-corrected chi connectivity index (χ4v) is 4.13. The zero-order chi connectivity index (χ0) is 27.1. The molecule has 1 amide bonds. The van der Waals surface area contributed by atoms with E-state index >= 15 is 0 Å². The third-order valence-electron chi connectivity index (χ3n) is 5.98. The van der Waals surface area contributed by atoms with Gasteiger partial charge in [-0.25, -0.2) is 0 Å². The van der Waals surface area contributed by atoms with E-state index in [2.05, 4.69) is 4.74 Å². The summed E-state index contributed by atoms with van der Waals surface area (Å²) in [6.45, 7) is 2.24. The molecule has 2 heterocycles. The Kier molecular flexibility index (Phi) is 8.57. The summed E-state index contributed by atoms with van der Waals surface area (Å²) >= 11 is 0. The number of methoxy groups -OCH3 is 1. The van der Waals surface area contributed by atoms with Gasteiger partial charge in [0.05, 0.1) is 19.2 Å². The lowest BCUT2D eigenvalue weighted by atomic mass is 10.1. The van der Waals surface area contributed by atoms with E-state index in [9.17, 15) is 22.8 Å². The first-order valence-electron chi connectivity index (χ1n) is 12.0. The van der Waals surface area contributed by atoms with Crippen LogP contribution in [-0.4, -0.2) is 55.4 Å². The number of alkyl halides is 3. The molecule has 1 aromatic heterocycles. The number of hydrogen-bond donors (Lipinski definition) is 0. The number of benzene rings is 2. The van der Waals surface area contributed by atoms with Gasteiger partial charge < -0.3 is 23.5 Å². The van der Waals surface area contributed by atoms with Crippen molar-refractivity contribution in [2.24, 2.45) is 0 Å². The maximum Gasteiger partial charge on any atom is 0.573 e. The molecule has 0 atom stereocenters. The first-order chi connectivity index (χ1) is 18.2. The van der Waals surface area contributed by atoms with Gasteiger partial charge in [-0.1, -0.05) is 24.3 Å². The molecule has 0 bridgehead atoms. The molecule has 4 rings (SSSR count). The lowest BCUT2D eigenvalue weighted by Crippen LogP contribution is -2.35. The highest BCUT2D eigenvalue weighted by atomic mass is 19.4. The van der Waals surface area contributed by atoms with Crippen molar-refractivity contribution >= 4 is 5.91 Å². The van der Waals surface area contributed by atoms with Crippen molar-refractivity contribution in [3.63, 3.8) is 0 Å². The summed E-state index contributed by atoms with van der Waals surface area (Å²) in [4.78, 5) is 29.1. The fourth-order valence-electron chi connectivity index (χ4n) is 4.13. The summed E-state index contributed by atoms with van der Waals surface area (Å²) in [7, 11) is 1.57. The molecule has 2 aromatic carbocycles. The topological polar surface area (TPSA) is 81.5 Å². The molecule has 38 heavy (non-hydrogen) atoms. The minimum absolute atomic E-state index is 0.0870. The number of halogens is 3. The predicted octanol–water partition coefficient (Wildman–Crippen LogP) is 4.47. The SMILES string of the molecule is COc1cccc(COc2coc(CN3CCCN(C(=O)c4ccccc4OC(F)(F)F)CC3)cc2=O)c1. The molecule has 202 valence electrons. The van der Waals surface area contributed by atoms with E-state index in [-0.39, 0.29) is 23.3 Å². The third-order valence-corrected chi connectivity index (χ3v) is 5.98. The van der Waals surface area contributed by atoms with Gasteiger partial charge in [-0.05, 0) is 36.2 Å². The van der Waals surface area contributed by atoms with Crippen molar-refractivity contribution in [2.45, 2.75) is 25.9 Å². The van der Waals surface area contributed by atoms with E-state index in [1.165, 1.54) is 35.4 Å². The van der Waals surface area contributed by atoms with Gasteiger partial charge in [0.25, 0.3) is 5.91 Å². The molecule has 0 N–H and O–H groups in total. The Balaban J connectivity index is 1.34. The highest BCUT2D eigenvalue weighted by Gasteiger charge is 2.33. The first-order valence-corrected chi connectivity index (χ1v) is 12.0. The number of para-hydroxylation sites is 1. The van der Waals surface area contributed by atoms with Crippen LogP contribution in [0, 0.1) is 0 Å². The summed E-state index contributed by atoms with van der Waals surface area (Å²) < 4.78 is 58.7. The van der Waals surface area contributed by atoms with E-state index in [1.54, 1.807) is 7.11 Å². The van der Waals surface area contributed by atoms with Crippen LogP contribution in [0.1, 0.15) is 28.1 Å². The van der Waals surface area contributed by atoms with Crippen LogP contribution < -0.4 is 19.6 Å². The molecule has 1 fully saturated rings. The second-order valence-corrected chi connectivity index (χ2v) is 8.68. The summed E-state index contributed by atoms with van der Waals surface area (Å²) in [5, 5.41) is 0. The van der Waals surface area contributed by atoms with Crippen LogP contribution in [0.15, 0.2) is 70.1 Å². The molecule has 0 spiro atoms. The second kappa shape index (κ2) is 12.0. The van der Waals surface area contributed by atoms with Crippen molar-refractivity contribution in [2.75, 3.05) is 33.3 Å². The number of carbonyl (C=O) groups excluding carboxylic acids is 1. The van der Waals surface area contributed by atoms with Crippen LogP contribution in [0.4, 0.5) is 13.2 Å². The number of amides is 1. The Hall–Kier alpha value is -3.99. The predicted molar refractivity (Wildman–Crippen MR) is 131 cm³/mol. The van der Waals surface area contributed by atoms with Crippen LogP contribution in [0.5, 0.6) is 17.2 Å². The monoisotopic (exact) mass is 532 g/mol. The van der Waals surface area contributed by atoms with Crippen molar-refractivity contribution in [1.82, 2.24) is 9.80 Å². The van der Waals surface area contributed by atoms with Crippen molar-refractivity contribution in [3.8, 4) is 17.2 Å². The van der Waals surface area contributed by atoms with Gasteiger partial charge in [-0.3, -0.25) is 14.5 Å². The van der Waals surface area contributed by atoms with Crippen LogP contribution >= 0.6 is 0 Å². The second-order valence-electron chi connectivity index (χ2n) is 8.68. The van der Waals surface area contributed by atoms with Gasteiger partial charge in [-0.2, -0.15) is 0 Å². The zero-order valence-electron chi connectivity index (χ0n) is 20.7. The van der Waals surface area contributed by atoms with E-state index in [1.807, 2.05) is 29.2 Å². The zero-order valence-corrected chi connectivity index (χ0v) is 20.7.